The standard InChI is InChI=1S/C13H21N3/c1-13(2)6-4-8-16(10-13)12-5-3-7-15-11(12)9-14/h3,5,7H,4,6,8-10,14H2,1-2H3. The van der Waals surface area contributed by atoms with Crippen molar-refractivity contribution in [1.82, 2.24) is 4.98 Å². The van der Waals surface area contributed by atoms with Gasteiger partial charge in [-0.2, -0.15) is 0 Å². The Morgan fingerprint density at radius 2 is 2.31 bits per heavy atom. The molecule has 88 valence electrons. The predicted molar refractivity (Wildman–Crippen MR) is 67.4 cm³/mol. The summed E-state index contributed by atoms with van der Waals surface area (Å²) in [5.41, 5.74) is 8.37. The maximum atomic E-state index is 5.74. The van der Waals surface area contributed by atoms with Crippen molar-refractivity contribution in [3.05, 3.63) is 24.0 Å². The molecule has 0 spiro atoms. The molecule has 16 heavy (non-hydrogen) atoms. The zero-order valence-corrected chi connectivity index (χ0v) is 10.2. The molecule has 2 rings (SSSR count). The normalized spacial score (nSPS) is 19.8. The molecule has 1 fully saturated rings. The van der Waals surface area contributed by atoms with E-state index in [0.717, 1.165) is 18.8 Å². The molecular formula is C13H21N3. The predicted octanol–water partition coefficient (Wildman–Crippen LogP) is 2.17. The number of nitrogens with two attached hydrogens (primary N) is 1. The van der Waals surface area contributed by atoms with Crippen molar-refractivity contribution in [3.63, 3.8) is 0 Å². The van der Waals surface area contributed by atoms with Crippen LogP contribution >= 0.6 is 0 Å². The first-order valence-electron chi connectivity index (χ1n) is 6.01. The Kier molecular flexibility index (Phi) is 3.15. The van der Waals surface area contributed by atoms with E-state index in [-0.39, 0.29) is 0 Å². The van der Waals surface area contributed by atoms with Crippen molar-refractivity contribution in [3.8, 4) is 0 Å². The van der Waals surface area contributed by atoms with E-state index in [9.17, 15) is 0 Å². The monoisotopic (exact) mass is 219 g/mol. The zero-order chi connectivity index (χ0) is 11.6. The van der Waals surface area contributed by atoms with Gasteiger partial charge >= 0.3 is 0 Å². The second-order valence-corrected chi connectivity index (χ2v) is 5.36. The average molecular weight is 219 g/mol. The first-order chi connectivity index (χ1) is 7.62. The number of pyridine rings is 1. The Labute approximate surface area is 97.7 Å². The average Bonchev–Trinajstić information content (AvgIpc) is 2.27. The van der Waals surface area contributed by atoms with Gasteiger partial charge in [0.15, 0.2) is 0 Å². The largest absolute Gasteiger partial charge is 0.369 e. The van der Waals surface area contributed by atoms with Crippen LogP contribution in [0.3, 0.4) is 0 Å². The zero-order valence-electron chi connectivity index (χ0n) is 10.2. The second kappa shape index (κ2) is 4.42. The van der Waals surface area contributed by atoms with Crippen LogP contribution in [0.5, 0.6) is 0 Å². The van der Waals surface area contributed by atoms with E-state index >= 15 is 0 Å². The Morgan fingerprint density at radius 3 is 3.00 bits per heavy atom. The Hall–Kier alpha value is -1.09. The summed E-state index contributed by atoms with van der Waals surface area (Å²) in [6.45, 7) is 7.41. The lowest BCUT2D eigenvalue weighted by Crippen LogP contribution is -2.40. The molecule has 2 heterocycles. The van der Waals surface area contributed by atoms with Crippen LogP contribution in [0.2, 0.25) is 0 Å². The highest BCUT2D eigenvalue weighted by molar-refractivity contribution is 5.51. The van der Waals surface area contributed by atoms with Gasteiger partial charge in [-0.15, -0.1) is 0 Å². The lowest BCUT2D eigenvalue weighted by Gasteiger charge is -2.39. The fourth-order valence-corrected chi connectivity index (χ4v) is 2.50. The smallest absolute Gasteiger partial charge is 0.0772 e. The van der Waals surface area contributed by atoms with E-state index in [1.165, 1.54) is 18.5 Å². The summed E-state index contributed by atoms with van der Waals surface area (Å²) < 4.78 is 0. The number of rotatable bonds is 2. The molecule has 0 saturated carbocycles. The van der Waals surface area contributed by atoms with Crippen molar-refractivity contribution in [2.75, 3.05) is 18.0 Å². The Bertz CT molecular complexity index is 360. The highest BCUT2D eigenvalue weighted by atomic mass is 15.2. The highest BCUT2D eigenvalue weighted by Gasteiger charge is 2.27. The van der Waals surface area contributed by atoms with Gasteiger partial charge < -0.3 is 10.6 Å². The fourth-order valence-electron chi connectivity index (χ4n) is 2.50. The van der Waals surface area contributed by atoms with E-state index < -0.39 is 0 Å². The summed E-state index contributed by atoms with van der Waals surface area (Å²) in [6, 6.07) is 4.13. The van der Waals surface area contributed by atoms with Gasteiger partial charge in [-0.05, 0) is 30.4 Å². The number of piperidine rings is 1. The maximum absolute atomic E-state index is 5.74. The molecule has 0 atom stereocenters. The van der Waals surface area contributed by atoms with Gasteiger partial charge in [0.05, 0.1) is 11.4 Å². The Morgan fingerprint density at radius 1 is 1.50 bits per heavy atom. The van der Waals surface area contributed by atoms with E-state index in [0.29, 0.717) is 12.0 Å². The van der Waals surface area contributed by atoms with Gasteiger partial charge in [0.2, 0.25) is 0 Å². The molecule has 2 N–H and O–H groups in total. The molecule has 1 aliphatic rings. The van der Waals surface area contributed by atoms with E-state index in [4.69, 9.17) is 5.73 Å². The molecule has 0 radical (unpaired) electrons. The number of nitrogens with zero attached hydrogens (tertiary/aromatic N) is 2. The van der Waals surface area contributed by atoms with Crippen LogP contribution in [0, 0.1) is 5.41 Å². The molecule has 1 aromatic rings. The van der Waals surface area contributed by atoms with E-state index in [1.54, 1.807) is 0 Å². The number of hydrogen-bond donors (Lipinski definition) is 1. The van der Waals surface area contributed by atoms with Gasteiger partial charge in [-0.1, -0.05) is 13.8 Å². The molecular weight excluding hydrogens is 198 g/mol. The summed E-state index contributed by atoms with van der Waals surface area (Å²) >= 11 is 0. The first-order valence-corrected chi connectivity index (χ1v) is 6.01. The number of hydrogen-bond acceptors (Lipinski definition) is 3. The number of anilines is 1. The van der Waals surface area contributed by atoms with Crippen LogP contribution in [-0.4, -0.2) is 18.1 Å². The SMILES string of the molecule is CC1(C)CCCN(c2cccnc2CN)C1. The minimum atomic E-state index is 0.403. The maximum Gasteiger partial charge on any atom is 0.0772 e. The van der Waals surface area contributed by atoms with Crippen LogP contribution in [0.1, 0.15) is 32.4 Å². The minimum Gasteiger partial charge on any atom is -0.369 e. The van der Waals surface area contributed by atoms with Gasteiger partial charge in [0.1, 0.15) is 0 Å². The molecule has 0 aromatic carbocycles. The third-order valence-electron chi connectivity index (χ3n) is 3.30. The van der Waals surface area contributed by atoms with E-state index in [2.05, 4.69) is 29.8 Å². The summed E-state index contributed by atoms with van der Waals surface area (Å²) in [4.78, 5) is 6.78. The van der Waals surface area contributed by atoms with Gasteiger partial charge in [0.25, 0.3) is 0 Å². The lowest BCUT2D eigenvalue weighted by molar-refractivity contribution is 0.292. The van der Waals surface area contributed by atoms with Crippen LogP contribution in [0.25, 0.3) is 0 Å². The molecule has 0 aliphatic carbocycles. The van der Waals surface area contributed by atoms with Crippen LogP contribution in [0.15, 0.2) is 18.3 Å². The third kappa shape index (κ3) is 2.35. The molecule has 1 saturated heterocycles. The topological polar surface area (TPSA) is 42.2 Å². The fraction of sp³-hybridized carbons (Fsp3) is 0.615. The van der Waals surface area contributed by atoms with Crippen molar-refractivity contribution < 1.29 is 0 Å². The number of aromatic nitrogens is 1. The van der Waals surface area contributed by atoms with E-state index in [1.807, 2.05) is 12.3 Å². The molecule has 1 aliphatic heterocycles. The van der Waals surface area contributed by atoms with Crippen molar-refractivity contribution in [2.45, 2.75) is 33.2 Å². The van der Waals surface area contributed by atoms with Crippen molar-refractivity contribution in [1.29, 1.82) is 0 Å². The Balaban J connectivity index is 2.23. The summed E-state index contributed by atoms with van der Waals surface area (Å²) in [6.07, 6.45) is 4.38. The van der Waals surface area contributed by atoms with Crippen molar-refractivity contribution in [2.24, 2.45) is 11.1 Å². The minimum absolute atomic E-state index is 0.403. The molecule has 1 aromatic heterocycles. The molecule has 0 bridgehead atoms. The van der Waals surface area contributed by atoms with Crippen LogP contribution in [0.4, 0.5) is 5.69 Å². The summed E-state index contributed by atoms with van der Waals surface area (Å²) in [7, 11) is 0. The molecule has 0 unspecified atom stereocenters. The molecule has 3 heteroatoms. The van der Waals surface area contributed by atoms with Crippen LogP contribution < -0.4 is 10.6 Å². The molecule has 0 amide bonds. The summed E-state index contributed by atoms with van der Waals surface area (Å²) in [5, 5.41) is 0. The highest BCUT2D eigenvalue weighted by Crippen LogP contribution is 2.32. The first kappa shape index (κ1) is 11.4. The van der Waals surface area contributed by atoms with Crippen LogP contribution in [-0.2, 0) is 6.54 Å². The molecule has 3 nitrogen and oxygen atoms in total. The van der Waals surface area contributed by atoms with Gasteiger partial charge in [-0.3, -0.25) is 4.98 Å². The summed E-state index contributed by atoms with van der Waals surface area (Å²) in [5.74, 6) is 0. The van der Waals surface area contributed by atoms with Crippen molar-refractivity contribution >= 4 is 5.69 Å². The third-order valence-corrected chi connectivity index (χ3v) is 3.30. The quantitative estimate of drug-likeness (QED) is 0.829. The van der Waals surface area contributed by atoms with Gasteiger partial charge in [0, 0.05) is 25.8 Å². The second-order valence-electron chi connectivity index (χ2n) is 5.36. The lowest BCUT2D eigenvalue weighted by atomic mass is 9.84. The van der Waals surface area contributed by atoms with Gasteiger partial charge in [-0.25, -0.2) is 0 Å².